The van der Waals surface area contributed by atoms with Gasteiger partial charge in [0.15, 0.2) is 9.84 Å². The zero-order valence-electron chi connectivity index (χ0n) is 20.3. The predicted molar refractivity (Wildman–Crippen MR) is 134 cm³/mol. The van der Waals surface area contributed by atoms with Crippen LogP contribution in [0.15, 0.2) is 48.9 Å². The number of pyridine rings is 1. The molecule has 1 aliphatic heterocycles. The third-order valence-corrected chi connectivity index (χ3v) is 6.73. The summed E-state index contributed by atoms with van der Waals surface area (Å²) in [5.74, 6) is -0.724. The summed E-state index contributed by atoms with van der Waals surface area (Å²) in [6.07, 6.45) is 7.09. The van der Waals surface area contributed by atoms with Crippen LogP contribution in [0.3, 0.4) is 0 Å². The SMILES string of the molecule is Cc1ccc(CC(=O)N2CCC(Oc3ncc(-c4cnn(CS(C)(=O)=O)c4)cc3C(N)=O)CC2)cc1. The van der Waals surface area contributed by atoms with E-state index in [0.29, 0.717) is 43.5 Å². The zero-order chi connectivity index (χ0) is 25.9. The van der Waals surface area contributed by atoms with E-state index < -0.39 is 15.7 Å². The number of nitrogens with zero attached hydrogens (tertiary/aromatic N) is 4. The van der Waals surface area contributed by atoms with Crippen LogP contribution in [0.5, 0.6) is 5.88 Å². The number of amides is 2. The minimum atomic E-state index is -3.25. The van der Waals surface area contributed by atoms with E-state index in [1.165, 1.54) is 17.1 Å². The number of nitrogens with two attached hydrogens (primary N) is 1. The Labute approximate surface area is 210 Å². The van der Waals surface area contributed by atoms with Gasteiger partial charge in [-0.15, -0.1) is 0 Å². The Kier molecular flexibility index (Phi) is 7.39. The van der Waals surface area contributed by atoms with Crippen LogP contribution in [0.2, 0.25) is 0 Å². The van der Waals surface area contributed by atoms with Gasteiger partial charge in [-0.1, -0.05) is 29.8 Å². The van der Waals surface area contributed by atoms with Gasteiger partial charge in [-0.05, 0) is 18.6 Å². The highest BCUT2D eigenvalue weighted by molar-refractivity contribution is 7.89. The number of aryl methyl sites for hydroxylation is 1. The van der Waals surface area contributed by atoms with Gasteiger partial charge in [0, 0.05) is 55.7 Å². The molecule has 4 rings (SSSR count). The molecule has 0 atom stereocenters. The van der Waals surface area contributed by atoms with Gasteiger partial charge in [-0.2, -0.15) is 5.10 Å². The van der Waals surface area contributed by atoms with Crippen molar-refractivity contribution in [3.63, 3.8) is 0 Å². The summed E-state index contributed by atoms with van der Waals surface area (Å²) < 4.78 is 30.3. The van der Waals surface area contributed by atoms with E-state index in [9.17, 15) is 18.0 Å². The second-order valence-electron chi connectivity index (χ2n) is 9.12. The fourth-order valence-corrected chi connectivity index (χ4v) is 4.70. The Morgan fingerprint density at radius 3 is 2.44 bits per heavy atom. The Morgan fingerprint density at radius 2 is 1.81 bits per heavy atom. The molecule has 11 heteroatoms. The lowest BCUT2D eigenvalue weighted by Crippen LogP contribution is -2.42. The number of carbonyl (C=O) groups excluding carboxylic acids is 2. The Balaban J connectivity index is 1.39. The number of ether oxygens (including phenoxy) is 1. The van der Waals surface area contributed by atoms with Crippen molar-refractivity contribution in [1.29, 1.82) is 0 Å². The number of carbonyl (C=O) groups is 2. The lowest BCUT2D eigenvalue weighted by molar-refractivity contribution is -0.132. The van der Waals surface area contributed by atoms with Crippen molar-refractivity contribution in [3.8, 4) is 17.0 Å². The van der Waals surface area contributed by atoms with Crippen molar-refractivity contribution >= 4 is 21.7 Å². The number of rotatable bonds is 8. The maximum atomic E-state index is 12.7. The topological polar surface area (TPSA) is 137 Å². The molecule has 3 aromatic rings. The first-order chi connectivity index (χ1) is 17.1. The van der Waals surface area contributed by atoms with Crippen LogP contribution in [0.1, 0.15) is 34.3 Å². The molecule has 0 unspecified atom stereocenters. The minimum Gasteiger partial charge on any atom is -0.474 e. The third-order valence-electron chi connectivity index (χ3n) is 6.00. The fourth-order valence-electron chi connectivity index (χ4n) is 4.08. The molecule has 10 nitrogen and oxygen atoms in total. The maximum Gasteiger partial charge on any atom is 0.254 e. The predicted octanol–water partition coefficient (Wildman–Crippen LogP) is 1.97. The van der Waals surface area contributed by atoms with E-state index in [1.54, 1.807) is 12.3 Å². The van der Waals surface area contributed by atoms with Gasteiger partial charge in [0.1, 0.15) is 17.5 Å². The number of aromatic nitrogens is 3. The molecule has 2 N–H and O–H groups in total. The smallest absolute Gasteiger partial charge is 0.254 e. The molecule has 36 heavy (non-hydrogen) atoms. The first-order valence-corrected chi connectivity index (χ1v) is 13.6. The van der Waals surface area contributed by atoms with E-state index in [1.807, 2.05) is 36.1 Å². The highest BCUT2D eigenvalue weighted by Gasteiger charge is 2.26. The van der Waals surface area contributed by atoms with E-state index in [2.05, 4.69) is 10.1 Å². The number of hydrogen-bond acceptors (Lipinski definition) is 7. The number of benzene rings is 1. The Bertz CT molecular complexity index is 1360. The minimum absolute atomic E-state index is 0.0778. The van der Waals surface area contributed by atoms with E-state index in [0.717, 1.165) is 17.4 Å². The average Bonchev–Trinajstić information content (AvgIpc) is 3.28. The van der Waals surface area contributed by atoms with Crippen molar-refractivity contribution in [2.24, 2.45) is 5.73 Å². The number of likely N-dealkylation sites (tertiary alicyclic amines) is 1. The molecule has 0 spiro atoms. The quantitative estimate of drug-likeness (QED) is 0.488. The molecular formula is C25H29N5O5S. The second-order valence-corrected chi connectivity index (χ2v) is 11.2. The average molecular weight is 512 g/mol. The first-order valence-electron chi connectivity index (χ1n) is 11.6. The van der Waals surface area contributed by atoms with Crippen molar-refractivity contribution in [2.45, 2.75) is 38.2 Å². The molecule has 0 aliphatic carbocycles. The molecule has 0 saturated carbocycles. The monoisotopic (exact) mass is 511 g/mol. The lowest BCUT2D eigenvalue weighted by atomic mass is 10.0. The van der Waals surface area contributed by atoms with Gasteiger partial charge >= 0.3 is 0 Å². The van der Waals surface area contributed by atoms with Crippen LogP contribution in [0.4, 0.5) is 0 Å². The molecule has 1 fully saturated rings. The van der Waals surface area contributed by atoms with Gasteiger partial charge < -0.3 is 15.4 Å². The largest absolute Gasteiger partial charge is 0.474 e. The summed E-state index contributed by atoms with van der Waals surface area (Å²) >= 11 is 0. The van der Waals surface area contributed by atoms with Crippen LogP contribution < -0.4 is 10.5 Å². The van der Waals surface area contributed by atoms with Crippen LogP contribution in [-0.4, -0.2) is 65.3 Å². The van der Waals surface area contributed by atoms with E-state index >= 15 is 0 Å². The lowest BCUT2D eigenvalue weighted by Gasteiger charge is -2.32. The van der Waals surface area contributed by atoms with Gasteiger partial charge in [0.25, 0.3) is 5.91 Å². The molecule has 1 saturated heterocycles. The molecule has 1 aromatic carbocycles. The van der Waals surface area contributed by atoms with Crippen molar-refractivity contribution in [3.05, 3.63) is 65.6 Å². The molecule has 0 radical (unpaired) electrons. The molecule has 2 amide bonds. The maximum absolute atomic E-state index is 12.7. The van der Waals surface area contributed by atoms with Gasteiger partial charge in [-0.3, -0.25) is 14.3 Å². The van der Waals surface area contributed by atoms with Crippen LogP contribution in [0, 0.1) is 6.92 Å². The van der Waals surface area contributed by atoms with Gasteiger partial charge in [-0.25, -0.2) is 13.4 Å². The Morgan fingerprint density at radius 1 is 1.11 bits per heavy atom. The summed E-state index contributed by atoms with van der Waals surface area (Å²) in [5.41, 5.74) is 9.02. The van der Waals surface area contributed by atoms with Crippen molar-refractivity contribution in [2.75, 3.05) is 19.3 Å². The first kappa shape index (κ1) is 25.4. The summed E-state index contributed by atoms with van der Waals surface area (Å²) in [5, 5.41) is 4.05. The van der Waals surface area contributed by atoms with Gasteiger partial charge in [0.05, 0.1) is 12.6 Å². The number of piperidine rings is 1. The number of hydrogen-bond donors (Lipinski definition) is 1. The van der Waals surface area contributed by atoms with E-state index in [-0.39, 0.29) is 29.3 Å². The van der Waals surface area contributed by atoms with Crippen molar-refractivity contribution in [1.82, 2.24) is 19.7 Å². The molecule has 0 bridgehead atoms. The van der Waals surface area contributed by atoms with Crippen LogP contribution in [-0.2, 0) is 26.9 Å². The van der Waals surface area contributed by atoms with Crippen LogP contribution in [0.25, 0.3) is 11.1 Å². The van der Waals surface area contributed by atoms with Crippen LogP contribution >= 0.6 is 0 Å². The summed E-state index contributed by atoms with van der Waals surface area (Å²) in [6.45, 7) is 3.12. The zero-order valence-corrected chi connectivity index (χ0v) is 21.1. The number of sulfone groups is 1. The summed E-state index contributed by atoms with van der Waals surface area (Å²) in [4.78, 5) is 31.0. The molecule has 1 aliphatic rings. The van der Waals surface area contributed by atoms with E-state index in [4.69, 9.17) is 10.5 Å². The third kappa shape index (κ3) is 6.48. The highest BCUT2D eigenvalue weighted by Crippen LogP contribution is 2.26. The Hall–Kier alpha value is -3.73. The summed E-state index contributed by atoms with van der Waals surface area (Å²) in [6, 6.07) is 9.51. The van der Waals surface area contributed by atoms with Gasteiger partial charge in [0.2, 0.25) is 11.8 Å². The molecule has 190 valence electrons. The fraction of sp³-hybridized carbons (Fsp3) is 0.360. The number of primary amides is 1. The second kappa shape index (κ2) is 10.5. The molecule has 2 aromatic heterocycles. The summed E-state index contributed by atoms with van der Waals surface area (Å²) in [7, 11) is -3.25. The standard InChI is InChI=1S/C25H29N5O5S/c1-17-3-5-18(6-4-17)11-23(31)29-9-7-21(8-10-29)35-25-22(24(26)32)12-19(13-27-25)20-14-28-30(15-20)16-36(2,33)34/h3-6,12-15,21H,7-11,16H2,1-2H3,(H2,26,32). The van der Waals surface area contributed by atoms with Crippen molar-refractivity contribution < 1.29 is 22.7 Å². The normalized spacial score (nSPS) is 14.6. The molecule has 3 heterocycles. The highest BCUT2D eigenvalue weighted by atomic mass is 32.2. The molecular weight excluding hydrogens is 482 g/mol.